The van der Waals surface area contributed by atoms with Gasteiger partial charge < -0.3 is 10.2 Å². The highest BCUT2D eigenvalue weighted by atomic mass is 19.1. The lowest BCUT2D eigenvalue weighted by Crippen LogP contribution is -2.50. The Kier molecular flexibility index (Phi) is 7.67. The molecule has 1 aliphatic rings. The van der Waals surface area contributed by atoms with Gasteiger partial charge in [-0.05, 0) is 48.4 Å². The van der Waals surface area contributed by atoms with Gasteiger partial charge in [0, 0.05) is 43.0 Å². The number of amides is 2. The number of para-hydroxylation sites is 1. The summed E-state index contributed by atoms with van der Waals surface area (Å²) in [5.74, 6) is -1.05. The first-order valence-electron chi connectivity index (χ1n) is 11.7. The Morgan fingerprint density at radius 2 is 1.46 bits per heavy atom. The Morgan fingerprint density at radius 3 is 2.14 bits per heavy atom. The number of anilines is 1. The van der Waals surface area contributed by atoms with Crippen LogP contribution in [-0.4, -0.2) is 60.1 Å². The molecule has 1 saturated heterocycles. The van der Waals surface area contributed by atoms with Crippen molar-refractivity contribution in [2.75, 3.05) is 38.0 Å². The van der Waals surface area contributed by atoms with Crippen molar-refractivity contribution >= 4 is 23.3 Å². The summed E-state index contributed by atoms with van der Waals surface area (Å²) in [6, 6.07) is 19.7. The fraction of sp³-hybridized carbons (Fsp3) is 0.250. The molecule has 1 N–H and O–H groups in total. The number of nitrogens with zero attached hydrogens (tertiary/aromatic N) is 2. The molecule has 0 saturated carbocycles. The first-order chi connectivity index (χ1) is 17.0. The summed E-state index contributed by atoms with van der Waals surface area (Å²) in [5.41, 5.74) is 2.86. The van der Waals surface area contributed by atoms with Gasteiger partial charge in [-0.25, -0.2) is 4.39 Å². The van der Waals surface area contributed by atoms with Crippen molar-refractivity contribution in [1.82, 2.24) is 9.80 Å². The molecule has 1 aliphatic heterocycles. The van der Waals surface area contributed by atoms with Crippen LogP contribution in [-0.2, 0) is 11.2 Å². The minimum absolute atomic E-state index is 0.0825. The van der Waals surface area contributed by atoms with Crippen LogP contribution < -0.4 is 5.32 Å². The van der Waals surface area contributed by atoms with Gasteiger partial charge in [0.05, 0.1) is 12.1 Å². The molecule has 3 aromatic carbocycles. The summed E-state index contributed by atoms with van der Waals surface area (Å²) in [6.45, 7) is 4.32. The Morgan fingerprint density at radius 1 is 0.829 bits per heavy atom. The van der Waals surface area contributed by atoms with Crippen molar-refractivity contribution in [1.29, 1.82) is 0 Å². The average Bonchev–Trinajstić information content (AvgIpc) is 2.89. The summed E-state index contributed by atoms with van der Waals surface area (Å²) < 4.78 is 13.3. The van der Waals surface area contributed by atoms with Crippen LogP contribution in [0.1, 0.15) is 38.8 Å². The molecule has 1 fully saturated rings. The maximum Gasteiger partial charge on any atom is 0.254 e. The smallest absolute Gasteiger partial charge is 0.254 e. The number of rotatable bonds is 7. The molecular formula is C28H28FN3O3. The number of hydrogen-bond acceptors (Lipinski definition) is 4. The van der Waals surface area contributed by atoms with E-state index in [2.05, 4.69) is 5.32 Å². The molecule has 0 radical (unpaired) electrons. The lowest BCUT2D eigenvalue weighted by Gasteiger charge is -2.34. The first kappa shape index (κ1) is 24.3. The van der Waals surface area contributed by atoms with Crippen molar-refractivity contribution in [2.45, 2.75) is 13.3 Å². The molecule has 6 nitrogen and oxygen atoms in total. The predicted octanol–water partition coefficient (Wildman–Crippen LogP) is 4.02. The maximum absolute atomic E-state index is 13.3. The summed E-state index contributed by atoms with van der Waals surface area (Å²) in [6.07, 6.45) is 0.836. The van der Waals surface area contributed by atoms with Crippen molar-refractivity contribution in [3.63, 3.8) is 0 Å². The van der Waals surface area contributed by atoms with Gasteiger partial charge in [-0.2, -0.15) is 0 Å². The molecule has 0 aliphatic carbocycles. The van der Waals surface area contributed by atoms with E-state index in [-0.39, 0.29) is 24.1 Å². The molecule has 0 aromatic heterocycles. The van der Waals surface area contributed by atoms with E-state index in [1.807, 2.05) is 36.1 Å². The molecule has 1 heterocycles. The Balaban J connectivity index is 1.37. The number of carbonyl (C=O) groups is 3. The number of aryl methyl sites for hydroxylation is 1. The Hall–Kier alpha value is -3.84. The van der Waals surface area contributed by atoms with Crippen molar-refractivity contribution in [2.24, 2.45) is 0 Å². The molecular weight excluding hydrogens is 445 g/mol. The fourth-order valence-corrected chi connectivity index (χ4v) is 4.25. The molecule has 0 spiro atoms. The van der Waals surface area contributed by atoms with Gasteiger partial charge in [0.2, 0.25) is 5.91 Å². The molecule has 180 valence electrons. The van der Waals surface area contributed by atoms with Gasteiger partial charge >= 0.3 is 0 Å². The van der Waals surface area contributed by atoms with E-state index in [9.17, 15) is 18.8 Å². The minimum Gasteiger partial charge on any atom is -0.336 e. The van der Waals surface area contributed by atoms with Gasteiger partial charge in [0.25, 0.3) is 5.91 Å². The third-order valence-electron chi connectivity index (χ3n) is 6.21. The van der Waals surface area contributed by atoms with Crippen molar-refractivity contribution in [3.05, 3.63) is 101 Å². The number of piperazine rings is 1. The van der Waals surface area contributed by atoms with E-state index >= 15 is 0 Å². The quantitative estimate of drug-likeness (QED) is 0.527. The summed E-state index contributed by atoms with van der Waals surface area (Å²) in [4.78, 5) is 42.5. The zero-order valence-electron chi connectivity index (χ0n) is 19.7. The van der Waals surface area contributed by atoms with E-state index < -0.39 is 5.82 Å². The van der Waals surface area contributed by atoms with Crippen molar-refractivity contribution in [3.8, 4) is 0 Å². The monoisotopic (exact) mass is 473 g/mol. The van der Waals surface area contributed by atoms with Crippen LogP contribution in [0.4, 0.5) is 10.1 Å². The minimum atomic E-state index is -0.424. The highest BCUT2D eigenvalue weighted by molar-refractivity contribution is 6.15. The van der Waals surface area contributed by atoms with Crippen LogP contribution in [0.15, 0.2) is 72.8 Å². The highest BCUT2D eigenvalue weighted by Gasteiger charge is 2.26. The molecule has 2 amide bonds. The largest absolute Gasteiger partial charge is 0.336 e. The molecule has 4 rings (SSSR count). The highest BCUT2D eigenvalue weighted by Crippen LogP contribution is 2.19. The topological polar surface area (TPSA) is 69.7 Å². The fourth-order valence-electron chi connectivity index (χ4n) is 4.25. The van der Waals surface area contributed by atoms with Crippen molar-refractivity contribution < 1.29 is 18.8 Å². The summed E-state index contributed by atoms with van der Waals surface area (Å²) >= 11 is 0. The lowest BCUT2D eigenvalue weighted by molar-refractivity contribution is -0.117. The summed E-state index contributed by atoms with van der Waals surface area (Å²) in [5, 5.41) is 2.99. The second kappa shape index (κ2) is 11.1. The number of hydrogen-bond donors (Lipinski definition) is 1. The second-order valence-corrected chi connectivity index (χ2v) is 8.51. The Labute approximate surface area is 204 Å². The summed E-state index contributed by atoms with van der Waals surface area (Å²) in [7, 11) is 0. The standard InChI is InChI=1S/C28H28FN3O3/c1-2-20-7-3-6-10-25(20)30-26(33)19-31-15-17-32(18-16-31)28(35)24-9-5-4-8-23(24)27(34)21-11-13-22(29)14-12-21/h3-14H,2,15-19H2,1H3,(H,30,33). The average molecular weight is 474 g/mol. The SMILES string of the molecule is CCc1ccccc1NC(=O)CN1CCN(C(=O)c2ccccc2C(=O)c2ccc(F)cc2)CC1. The zero-order chi connectivity index (χ0) is 24.8. The second-order valence-electron chi connectivity index (χ2n) is 8.51. The third-order valence-corrected chi connectivity index (χ3v) is 6.21. The number of nitrogens with one attached hydrogen (secondary N) is 1. The molecule has 3 aromatic rings. The van der Waals surface area contributed by atoms with Gasteiger partial charge in [-0.1, -0.05) is 43.3 Å². The molecule has 0 atom stereocenters. The van der Waals surface area contributed by atoms with Gasteiger partial charge in [0.15, 0.2) is 5.78 Å². The lowest BCUT2D eigenvalue weighted by atomic mass is 9.97. The number of ketones is 1. The number of benzene rings is 3. The van der Waals surface area contributed by atoms with Gasteiger partial charge in [-0.15, -0.1) is 0 Å². The number of carbonyl (C=O) groups excluding carboxylic acids is 3. The van der Waals surface area contributed by atoms with Gasteiger partial charge in [-0.3, -0.25) is 19.3 Å². The van der Waals surface area contributed by atoms with Crippen LogP contribution in [0.25, 0.3) is 0 Å². The van der Waals surface area contributed by atoms with Gasteiger partial charge in [0.1, 0.15) is 5.82 Å². The van der Waals surface area contributed by atoms with E-state index in [1.165, 1.54) is 24.3 Å². The predicted molar refractivity (Wildman–Crippen MR) is 133 cm³/mol. The Bertz CT molecular complexity index is 1220. The van der Waals surface area contributed by atoms with Crippen LogP contribution in [0.3, 0.4) is 0 Å². The molecule has 7 heteroatoms. The van der Waals surface area contributed by atoms with Crippen LogP contribution >= 0.6 is 0 Å². The van der Waals surface area contributed by atoms with E-state index in [4.69, 9.17) is 0 Å². The molecule has 0 unspecified atom stereocenters. The molecule has 35 heavy (non-hydrogen) atoms. The van der Waals surface area contributed by atoms with Crippen LogP contribution in [0.5, 0.6) is 0 Å². The van der Waals surface area contributed by atoms with E-state index in [1.54, 1.807) is 29.2 Å². The zero-order valence-corrected chi connectivity index (χ0v) is 19.7. The van der Waals surface area contributed by atoms with E-state index in [0.29, 0.717) is 42.9 Å². The first-order valence-corrected chi connectivity index (χ1v) is 11.7. The van der Waals surface area contributed by atoms with E-state index in [0.717, 1.165) is 17.7 Å². The van der Waals surface area contributed by atoms with Crippen LogP contribution in [0, 0.1) is 5.82 Å². The maximum atomic E-state index is 13.3. The third kappa shape index (κ3) is 5.81. The normalized spacial score (nSPS) is 13.9. The number of halogens is 1. The van der Waals surface area contributed by atoms with Crippen LogP contribution in [0.2, 0.25) is 0 Å². The molecule has 0 bridgehead atoms.